The van der Waals surface area contributed by atoms with Crippen molar-refractivity contribution in [3.05, 3.63) is 64.9 Å². The maximum Gasteiger partial charge on any atom is 0.275 e. The molecule has 0 aliphatic carbocycles. The van der Waals surface area contributed by atoms with Gasteiger partial charge in [-0.25, -0.2) is 4.99 Å². The Balaban J connectivity index is 1.63. The molecule has 2 aliphatic heterocycles. The summed E-state index contributed by atoms with van der Waals surface area (Å²) in [6.45, 7) is 3.30. The summed E-state index contributed by atoms with van der Waals surface area (Å²) < 4.78 is 11.3. The standard InChI is InChI=1S/C20H18N2O3/c1-13-3-6-15(7-4-13)19-21-16(20(23)22-19)11-14-5-8-17-18(12-14)25-10-2-9-24-17/h3-8,11-12H,2,9-10H2,1H3,(H,21,22,23)/b16-11+. The SMILES string of the molecule is Cc1ccc(C2=N/C(=C/c3ccc4c(c3)OCCCO4)C(=O)N2)cc1. The van der Waals surface area contributed by atoms with Gasteiger partial charge in [0.1, 0.15) is 11.5 Å². The Morgan fingerprint density at radius 1 is 1.04 bits per heavy atom. The van der Waals surface area contributed by atoms with Gasteiger partial charge in [0.2, 0.25) is 0 Å². The van der Waals surface area contributed by atoms with Crippen molar-refractivity contribution in [2.75, 3.05) is 13.2 Å². The Morgan fingerprint density at radius 3 is 2.60 bits per heavy atom. The molecule has 0 unspecified atom stereocenters. The van der Waals surface area contributed by atoms with Gasteiger partial charge in [0.15, 0.2) is 11.5 Å². The van der Waals surface area contributed by atoms with Gasteiger partial charge in [0.25, 0.3) is 5.91 Å². The van der Waals surface area contributed by atoms with Crippen molar-refractivity contribution in [3.63, 3.8) is 0 Å². The van der Waals surface area contributed by atoms with Crippen LogP contribution in [0.5, 0.6) is 11.5 Å². The molecule has 2 aromatic carbocycles. The van der Waals surface area contributed by atoms with Gasteiger partial charge in [-0.2, -0.15) is 0 Å². The number of aliphatic imine (C=N–C) groups is 1. The summed E-state index contributed by atoms with van der Waals surface area (Å²) in [5, 5.41) is 2.82. The lowest BCUT2D eigenvalue weighted by Crippen LogP contribution is -2.24. The van der Waals surface area contributed by atoms with Crippen molar-refractivity contribution >= 4 is 17.8 Å². The molecule has 5 nitrogen and oxygen atoms in total. The Kier molecular flexibility index (Phi) is 3.98. The second kappa shape index (κ2) is 6.43. The van der Waals surface area contributed by atoms with Gasteiger partial charge in [0, 0.05) is 12.0 Å². The zero-order valence-electron chi connectivity index (χ0n) is 13.9. The van der Waals surface area contributed by atoms with Crippen molar-refractivity contribution in [1.29, 1.82) is 0 Å². The topological polar surface area (TPSA) is 59.9 Å². The van der Waals surface area contributed by atoms with Gasteiger partial charge < -0.3 is 14.8 Å². The summed E-state index contributed by atoms with van der Waals surface area (Å²) in [5.74, 6) is 1.81. The highest BCUT2D eigenvalue weighted by Crippen LogP contribution is 2.31. The molecule has 0 spiro atoms. The fraction of sp³-hybridized carbons (Fsp3) is 0.200. The van der Waals surface area contributed by atoms with E-state index < -0.39 is 0 Å². The number of fused-ring (bicyclic) bond motifs is 1. The van der Waals surface area contributed by atoms with E-state index in [0.717, 1.165) is 28.9 Å². The van der Waals surface area contributed by atoms with Crippen molar-refractivity contribution in [3.8, 4) is 11.5 Å². The van der Waals surface area contributed by atoms with Crippen LogP contribution in [-0.4, -0.2) is 25.0 Å². The highest BCUT2D eigenvalue weighted by molar-refractivity contribution is 6.19. The average molecular weight is 334 g/mol. The second-order valence-electron chi connectivity index (χ2n) is 6.07. The Bertz CT molecular complexity index is 882. The van der Waals surface area contributed by atoms with Gasteiger partial charge in [0.05, 0.1) is 13.2 Å². The molecular formula is C20H18N2O3. The minimum atomic E-state index is -0.206. The van der Waals surface area contributed by atoms with Gasteiger partial charge in [-0.1, -0.05) is 35.9 Å². The third-order valence-electron chi connectivity index (χ3n) is 4.10. The molecule has 1 amide bonds. The Morgan fingerprint density at radius 2 is 1.80 bits per heavy atom. The highest BCUT2D eigenvalue weighted by Gasteiger charge is 2.21. The van der Waals surface area contributed by atoms with E-state index in [-0.39, 0.29) is 5.91 Å². The van der Waals surface area contributed by atoms with Crippen LogP contribution in [0.3, 0.4) is 0 Å². The fourth-order valence-corrected chi connectivity index (χ4v) is 2.74. The van der Waals surface area contributed by atoms with Crippen molar-refractivity contribution in [2.24, 2.45) is 4.99 Å². The quantitative estimate of drug-likeness (QED) is 0.859. The molecule has 2 aliphatic rings. The normalized spacial score (nSPS) is 17.9. The number of benzene rings is 2. The fourth-order valence-electron chi connectivity index (χ4n) is 2.74. The zero-order valence-corrected chi connectivity index (χ0v) is 13.9. The summed E-state index contributed by atoms with van der Waals surface area (Å²) in [6, 6.07) is 13.5. The van der Waals surface area contributed by atoms with E-state index in [2.05, 4.69) is 10.3 Å². The molecule has 2 heterocycles. The van der Waals surface area contributed by atoms with E-state index in [1.807, 2.05) is 49.4 Å². The monoisotopic (exact) mass is 334 g/mol. The van der Waals surface area contributed by atoms with E-state index in [4.69, 9.17) is 9.47 Å². The molecule has 0 radical (unpaired) electrons. The van der Waals surface area contributed by atoms with Crippen LogP contribution in [0, 0.1) is 6.92 Å². The molecule has 126 valence electrons. The molecule has 0 atom stereocenters. The van der Waals surface area contributed by atoms with Gasteiger partial charge in [-0.05, 0) is 30.7 Å². The van der Waals surface area contributed by atoms with E-state index in [9.17, 15) is 4.79 Å². The number of ether oxygens (including phenoxy) is 2. The van der Waals surface area contributed by atoms with E-state index in [0.29, 0.717) is 30.5 Å². The molecule has 2 aromatic rings. The summed E-state index contributed by atoms with van der Waals surface area (Å²) in [6.07, 6.45) is 2.61. The number of aryl methyl sites for hydroxylation is 1. The molecule has 0 saturated heterocycles. The molecule has 5 heteroatoms. The van der Waals surface area contributed by atoms with Gasteiger partial charge in [-0.15, -0.1) is 0 Å². The first-order valence-electron chi connectivity index (χ1n) is 8.27. The number of carbonyl (C=O) groups excluding carboxylic acids is 1. The molecule has 1 N–H and O–H groups in total. The van der Waals surface area contributed by atoms with Gasteiger partial charge in [-0.3, -0.25) is 4.79 Å². The molecule has 25 heavy (non-hydrogen) atoms. The summed E-state index contributed by atoms with van der Waals surface area (Å²) in [7, 11) is 0. The minimum Gasteiger partial charge on any atom is -0.490 e. The van der Waals surface area contributed by atoms with Crippen LogP contribution in [0.15, 0.2) is 53.2 Å². The first-order valence-corrected chi connectivity index (χ1v) is 8.27. The van der Waals surface area contributed by atoms with Crippen LogP contribution >= 0.6 is 0 Å². The smallest absolute Gasteiger partial charge is 0.275 e. The molecule has 0 fully saturated rings. The van der Waals surface area contributed by atoms with E-state index in [1.54, 1.807) is 6.08 Å². The summed E-state index contributed by atoms with van der Waals surface area (Å²) in [5.41, 5.74) is 3.28. The van der Waals surface area contributed by atoms with Gasteiger partial charge >= 0.3 is 0 Å². The van der Waals surface area contributed by atoms with E-state index in [1.165, 1.54) is 0 Å². The third kappa shape index (κ3) is 3.26. The summed E-state index contributed by atoms with van der Waals surface area (Å²) in [4.78, 5) is 16.7. The maximum absolute atomic E-state index is 12.2. The van der Waals surface area contributed by atoms with Crippen LogP contribution in [0.2, 0.25) is 0 Å². The van der Waals surface area contributed by atoms with Crippen molar-refractivity contribution < 1.29 is 14.3 Å². The zero-order chi connectivity index (χ0) is 17.2. The molecular weight excluding hydrogens is 316 g/mol. The van der Waals surface area contributed by atoms with Crippen LogP contribution < -0.4 is 14.8 Å². The molecule has 0 bridgehead atoms. The first-order chi connectivity index (χ1) is 12.2. The number of amidine groups is 1. The number of nitrogens with one attached hydrogen (secondary N) is 1. The molecule has 4 rings (SSSR count). The largest absolute Gasteiger partial charge is 0.490 e. The number of carbonyl (C=O) groups is 1. The van der Waals surface area contributed by atoms with E-state index >= 15 is 0 Å². The number of rotatable bonds is 2. The summed E-state index contributed by atoms with van der Waals surface area (Å²) >= 11 is 0. The number of nitrogens with zero attached hydrogens (tertiary/aromatic N) is 1. The number of amides is 1. The minimum absolute atomic E-state index is 0.206. The lowest BCUT2D eigenvalue weighted by atomic mass is 10.1. The third-order valence-corrected chi connectivity index (χ3v) is 4.10. The van der Waals surface area contributed by atoms with Crippen LogP contribution in [0.25, 0.3) is 6.08 Å². The van der Waals surface area contributed by atoms with Crippen LogP contribution in [0.1, 0.15) is 23.1 Å². The van der Waals surface area contributed by atoms with Crippen molar-refractivity contribution in [1.82, 2.24) is 5.32 Å². The highest BCUT2D eigenvalue weighted by atomic mass is 16.5. The lowest BCUT2D eigenvalue weighted by Gasteiger charge is -2.07. The van der Waals surface area contributed by atoms with Crippen molar-refractivity contribution in [2.45, 2.75) is 13.3 Å². The van der Waals surface area contributed by atoms with Crippen LogP contribution in [-0.2, 0) is 4.79 Å². The Labute approximate surface area is 146 Å². The predicted molar refractivity (Wildman–Crippen MR) is 95.9 cm³/mol. The van der Waals surface area contributed by atoms with Crippen LogP contribution in [0.4, 0.5) is 0 Å². The average Bonchev–Trinajstić information content (AvgIpc) is 2.82. The number of hydrogen-bond donors (Lipinski definition) is 1. The first kappa shape index (κ1) is 15.4. The lowest BCUT2D eigenvalue weighted by molar-refractivity contribution is -0.115. The maximum atomic E-state index is 12.2. The molecule has 0 saturated carbocycles. The number of hydrogen-bond acceptors (Lipinski definition) is 4. The second-order valence-corrected chi connectivity index (χ2v) is 6.07. The predicted octanol–water partition coefficient (Wildman–Crippen LogP) is 3.07. The Hall–Kier alpha value is -3.08. The molecule has 0 aromatic heterocycles.